The number of benzene rings is 1. The second kappa shape index (κ2) is 7.37. The van der Waals surface area contributed by atoms with Gasteiger partial charge in [-0.25, -0.2) is 12.8 Å². The smallest absolute Gasteiger partial charge is 0.238 e. The molecular formula is C17H19FN2O4S. The first kappa shape index (κ1) is 17.6. The highest BCUT2D eigenvalue weighted by atomic mass is 32.2. The molecule has 1 saturated heterocycles. The van der Waals surface area contributed by atoms with Crippen LogP contribution >= 0.6 is 0 Å². The fourth-order valence-corrected chi connectivity index (χ4v) is 4.69. The maximum absolute atomic E-state index is 13.2. The van der Waals surface area contributed by atoms with Crippen LogP contribution in [-0.4, -0.2) is 43.3 Å². The van der Waals surface area contributed by atoms with Gasteiger partial charge in [0, 0.05) is 11.7 Å². The van der Waals surface area contributed by atoms with Gasteiger partial charge in [-0.3, -0.25) is 9.69 Å². The van der Waals surface area contributed by atoms with Crippen molar-refractivity contribution in [3.63, 3.8) is 0 Å². The second-order valence-electron chi connectivity index (χ2n) is 6.10. The topological polar surface area (TPSA) is 79.6 Å². The summed E-state index contributed by atoms with van der Waals surface area (Å²) in [5.41, 5.74) is 0.363. The highest BCUT2D eigenvalue weighted by Crippen LogP contribution is 2.20. The summed E-state index contributed by atoms with van der Waals surface area (Å²) in [5, 5.41) is 2.64. The van der Waals surface area contributed by atoms with E-state index in [1.165, 1.54) is 24.5 Å². The summed E-state index contributed by atoms with van der Waals surface area (Å²) in [5.74, 6) is 0.0372. The lowest BCUT2D eigenvalue weighted by molar-refractivity contribution is -0.118. The highest BCUT2D eigenvalue weighted by molar-refractivity contribution is 7.91. The molecular weight excluding hydrogens is 347 g/mol. The maximum Gasteiger partial charge on any atom is 0.238 e. The van der Waals surface area contributed by atoms with E-state index >= 15 is 0 Å². The van der Waals surface area contributed by atoms with Crippen LogP contribution in [0.5, 0.6) is 0 Å². The molecule has 1 aliphatic rings. The van der Waals surface area contributed by atoms with E-state index in [-0.39, 0.29) is 30.0 Å². The Morgan fingerprint density at radius 3 is 2.80 bits per heavy atom. The number of carbonyl (C=O) groups is 1. The molecule has 1 N–H and O–H groups in total. The van der Waals surface area contributed by atoms with Crippen LogP contribution < -0.4 is 5.32 Å². The Hall–Kier alpha value is -2.19. The van der Waals surface area contributed by atoms with E-state index in [0.29, 0.717) is 24.4 Å². The van der Waals surface area contributed by atoms with Crippen LogP contribution in [0.4, 0.5) is 10.1 Å². The number of hydrogen-bond donors (Lipinski definition) is 1. The molecule has 2 aromatic rings. The zero-order valence-electron chi connectivity index (χ0n) is 13.5. The number of nitrogens with one attached hydrogen (secondary N) is 1. The number of hydrogen-bond acceptors (Lipinski definition) is 5. The standard InChI is InChI=1S/C17H19FN2O4S/c18-13-3-1-4-14(9-13)19-17(21)11-20(10-16-5-2-7-24-16)15-6-8-25(22,23)12-15/h1-5,7,9,15H,6,8,10-12H2,(H,19,21)/t15-/m1/s1. The summed E-state index contributed by atoms with van der Waals surface area (Å²) < 4.78 is 42.1. The van der Waals surface area contributed by atoms with Gasteiger partial charge in [-0.05, 0) is 36.8 Å². The molecule has 0 saturated carbocycles. The van der Waals surface area contributed by atoms with Gasteiger partial charge in [0.15, 0.2) is 9.84 Å². The summed E-state index contributed by atoms with van der Waals surface area (Å²) in [4.78, 5) is 14.1. The molecule has 1 amide bonds. The summed E-state index contributed by atoms with van der Waals surface area (Å²) in [6.07, 6.45) is 2.02. The van der Waals surface area contributed by atoms with Crippen molar-refractivity contribution in [3.8, 4) is 0 Å². The quantitative estimate of drug-likeness (QED) is 0.846. The highest BCUT2D eigenvalue weighted by Gasteiger charge is 2.33. The predicted molar refractivity (Wildman–Crippen MR) is 91.2 cm³/mol. The molecule has 25 heavy (non-hydrogen) atoms. The number of rotatable bonds is 6. The molecule has 0 radical (unpaired) electrons. The van der Waals surface area contributed by atoms with Crippen LogP contribution in [0.2, 0.25) is 0 Å². The minimum atomic E-state index is -3.07. The zero-order valence-corrected chi connectivity index (χ0v) is 14.3. The molecule has 1 fully saturated rings. The van der Waals surface area contributed by atoms with Gasteiger partial charge in [0.2, 0.25) is 5.91 Å². The lowest BCUT2D eigenvalue weighted by Gasteiger charge is -2.26. The van der Waals surface area contributed by atoms with Crippen molar-refractivity contribution in [2.75, 3.05) is 23.4 Å². The summed E-state index contributed by atoms with van der Waals surface area (Å²) >= 11 is 0. The first-order valence-electron chi connectivity index (χ1n) is 7.93. The first-order chi connectivity index (χ1) is 11.9. The number of amides is 1. The van der Waals surface area contributed by atoms with Crippen molar-refractivity contribution in [3.05, 3.63) is 54.2 Å². The van der Waals surface area contributed by atoms with Gasteiger partial charge < -0.3 is 9.73 Å². The van der Waals surface area contributed by atoms with Crippen LogP contribution in [0.3, 0.4) is 0 Å². The molecule has 2 heterocycles. The minimum Gasteiger partial charge on any atom is -0.468 e. The molecule has 1 aromatic heterocycles. The van der Waals surface area contributed by atoms with Crippen molar-refractivity contribution >= 4 is 21.4 Å². The lowest BCUT2D eigenvalue weighted by Crippen LogP contribution is -2.41. The van der Waals surface area contributed by atoms with Gasteiger partial charge in [0.05, 0.1) is 30.9 Å². The monoisotopic (exact) mass is 366 g/mol. The average molecular weight is 366 g/mol. The largest absolute Gasteiger partial charge is 0.468 e. The molecule has 8 heteroatoms. The Labute approximate surface area is 145 Å². The molecule has 1 aromatic carbocycles. The Kier molecular flexibility index (Phi) is 5.19. The van der Waals surface area contributed by atoms with Crippen LogP contribution in [-0.2, 0) is 21.2 Å². The Balaban J connectivity index is 1.69. The summed E-state index contributed by atoms with van der Waals surface area (Å²) in [6.45, 7) is 0.334. The first-order valence-corrected chi connectivity index (χ1v) is 9.76. The zero-order chi connectivity index (χ0) is 17.9. The number of sulfone groups is 1. The van der Waals surface area contributed by atoms with Crippen molar-refractivity contribution in [1.29, 1.82) is 0 Å². The Morgan fingerprint density at radius 2 is 2.16 bits per heavy atom. The van der Waals surface area contributed by atoms with E-state index in [1.54, 1.807) is 23.1 Å². The predicted octanol–water partition coefficient (Wildman–Crippen LogP) is 2.05. The third-order valence-electron chi connectivity index (χ3n) is 4.12. The van der Waals surface area contributed by atoms with Crippen molar-refractivity contribution < 1.29 is 22.0 Å². The van der Waals surface area contributed by atoms with E-state index in [1.807, 2.05) is 0 Å². The number of carbonyl (C=O) groups excluding carboxylic acids is 1. The summed E-state index contributed by atoms with van der Waals surface area (Å²) in [6, 6.07) is 8.91. The number of nitrogens with zero attached hydrogens (tertiary/aromatic N) is 1. The van der Waals surface area contributed by atoms with Crippen LogP contribution in [0, 0.1) is 5.82 Å². The summed E-state index contributed by atoms with van der Waals surface area (Å²) in [7, 11) is -3.07. The van der Waals surface area contributed by atoms with Gasteiger partial charge in [0.1, 0.15) is 11.6 Å². The second-order valence-corrected chi connectivity index (χ2v) is 8.33. The lowest BCUT2D eigenvalue weighted by atomic mass is 10.2. The third kappa shape index (κ3) is 4.90. The molecule has 1 atom stereocenters. The van der Waals surface area contributed by atoms with Crippen molar-refractivity contribution in [1.82, 2.24) is 4.90 Å². The molecule has 6 nitrogen and oxygen atoms in total. The van der Waals surface area contributed by atoms with E-state index < -0.39 is 15.7 Å². The van der Waals surface area contributed by atoms with Crippen molar-refractivity contribution in [2.45, 2.75) is 19.0 Å². The molecule has 3 rings (SSSR count). The number of anilines is 1. The van der Waals surface area contributed by atoms with Gasteiger partial charge in [-0.15, -0.1) is 0 Å². The van der Waals surface area contributed by atoms with E-state index in [0.717, 1.165) is 0 Å². The van der Waals surface area contributed by atoms with Crippen LogP contribution in [0.25, 0.3) is 0 Å². The molecule has 134 valence electrons. The van der Waals surface area contributed by atoms with Crippen molar-refractivity contribution in [2.24, 2.45) is 0 Å². The SMILES string of the molecule is O=C(CN(Cc1ccco1)[C@@H]1CCS(=O)(=O)C1)Nc1cccc(F)c1. The molecule has 1 aliphatic heterocycles. The van der Waals surface area contributed by atoms with E-state index in [4.69, 9.17) is 4.42 Å². The molecule has 0 unspecified atom stereocenters. The van der Waals surface area contributed by atoms with Gasteiger partial charge in [-0.1, -0.05) is 6.07 Å². The molecule has 0 aliphatic carbocycles. The number of furan rings is 1. The Bertz CT molecular complexity index is 836. The minimum absolute atomic E-state index is 0.00258. The van der Waals surface area contributed by atoms with Gasteiger partial charge >= 0.3 is 0 Å². The third-order valence-corrected chi connectivity index (χ3v) is 5.87. The normalized spacial score (nSPS) is 19.2. The van der Waals surface area contributed by atoms with E-state index in [2.05, 4.69) is 5.32 Å². The van der Waals surface area contributed by atoms with Gasteiger partial charge in [0.25, 0.3) is 0 Å². The van der Waals surface area contributed by atoms with Crippen LogP contribution in [0.15, 0.2) is 47.1 Å². The fraction of sp³-hybridized carbons (Fsp3) is 0.353. The van der Waals surface area contributed by atoms with Gasteiger partial charge in [-0.2, -0.15) is 0 Å². The number of halogens is 1. The molecule has 0 bridgehead atoms. The Morgan fingerprint density at radius 1 is 1.32 bits per heavy atom. The maximum atomic E-state index is 13.2. The van der Waals surface area contributed by atoms with E-state index in [9.17, 15) is 17.6 Å². The molecule has 0 spiro atoms. The average Bonchev–Trinajstić information content (AvgIpc) is 3.16. The fourth-order valence-electron chi connectivity index (χ4n) is 2.93. The van der Waals surface area contributed by atoms with Crippen LogP contribution in [0.1, 0.15) is 12.2 Å².